The van der Waals surface area contributed by atoms with E-state index in [1.165, 1.54) is 6.42 Å². The lowest BCUT2D eigenvalue weighted by molar-refractivity contribution is 0.782. The summed E-state index contributed by atoms with van der Waals surface area (Å²) in [6, 6.07) is 0. The van der Waals surface area contributed by atoms with Crippen molar-refractivity contribution in [3.63, 3.8) is 0 Å². The molecular formula is C11H20S2. The van der Waals surface area contributed by atoms with Crippen LogP contribution in [0.5, 0.6) is 0 Å². The van der Waals surface area contributed by atoms with Crippen LogP contribution in [0.1, 0.15) is 26.7 Å². The molecule has 0 saturated heterocycles. The van der Waals surface area contributed by atoms with Gasteiger partial charge in [-0.1, -0.05) is 25.2 Å². The Kier molecular flexibility index (Phi) is 7.68. The molecule has 0 bridgehead atoms. The molecule has 0 aliphatic heterocycles. The lowest BCUT2D eigenvalue weighted by Crippen LogP contribution is -2.17. The molecule has 0 aliphatic rings. The summed E-state index contributed by atoms with van der Waals surface area (Å²) < 4.78 is 0.348. The molecule has 0 saturated carbocycles. The highest BCUT2D eigenvalue weighted by atomic mass is 32.2. The fraction of sp³-hybridized carbons (Fsp3) is 0.636. The van der Waals surface area contributed by atoms with Crippen molar-refractivity contribution in [2.75, 3.05) is 12.0 Å². The molecule has 0 rings (SSSR count). The molecule has 76 valence electrons. The van der Waals surface area contributed by atoms with Gasteiger partial charge in [0.2, 0.25) is 0 Å². The number of allylic oxidation sites excluding steroid dienone is 2. The van der Waals surface area contributed by atoms with Crippen LogP contribution >= 0.6 is 23.5 Å². The van der Waals surface area contributed by atoms with E-state index in [-0.39, 0.29) is 0 Å². The first-order valence-electron chi connectivity index (χ1n) is 4.65. The Morgan fingerprint density at radius 3 is 2.54 bits per heavy atom. The first-order valence-corrected chi connectivity index (χ1v) is 6.87. The molecule has 0 radical (unpaired) electrons. The number of hydrogen-bond donors (Lipinski definition) is 0. The Hall–Kier alpha value is 0.180. The van der Waals surface area contributed by atoms with E-state index in [0.29, 0.717) is 4.08 Å². The van der Waals surface area contributed by atoms with Crippen LogP contribution in [-0.4, -0.2) is 16.1 Å². The van der Waals surface area contributed by atoms with E-state index >= 15 is 0 Å². The van der Waals surface area contributed by atoms with Crippen LogP contribution < -0.4 is 0 Å². The second-order valence-electron chi connectivity index (χ2n) is 2.84. The van der Waals surface area contributed by atoms with Crippen LogP contribution in [0, 0.1) is 0 Å². The SMILES string of the molecule is C=CCC(CC)(SC)SC/C=C/C. The second-order valence-corrected chi connectivity index (χ2v) is 5.69. The Balaban J connectivity index is 4.11. The maximum Gasteiger partial charge on any atom is 0.0642 e. The molecule has 0 fully saturated rings. The lowest BCUT2D eigenvalue weighted by atomic mass is 10.2. The smallest absolute Gasteiger partial charge is 0.0642 e. The van der Waals surface area contributed by atoms with E-state index < -0.39 is 0 Å². The van der Waals surface area contributed by atoms with Crippen molar-refractivity contribution in [3.05, 3.63) is 24.8 Å². The van der Waals surface area contributed by atoms with Crippen molar-refractivity contribution in [2.24, 2.45) is 0 Å². The largest absolute Gasteiger partial charge is 0.147 e. The van der Waals surface area contributed by atoms with Gasteiger partial charge in [-0.2, -0.15) is 0 Å². The summed E-state index contributed by atoms with van der Waals surface area (Å²) in [7, 11) is 0. The van der Waals surface area contributed by atoms with Crippen LogP contribution in [0.4, 0.5) is 0 Å². The van der Waals surface area contributed by atoms with Gasteiger partial charge < -0.3 is 0 Å². The highest BCUT2D eigenvalue weighted by Gasteiger charge is 2.24. The van der Waals surface area contributed by atoms with Crippen molar-refractivity contribution in [3.8, 4) is 0 Å². The summed E-state index contributed by atoms with van der Waals surface area (Å²) in [5.41, 5.74) is 0. The molecular weight excluding hydrogens is 196 g/mol. The Labute approximate surface area is 91.3 Å². The van der Waals surface area contributed by atoms with Crippen LogP contribution in [-0.2, 0) is 0 Å². The minimum atomic E-state index is 0.348. The van der Waals surface area contributed by atoms with Gasteiger partial charge in [-0.25, -0.2) is 0 Å². The zero-order chi connectivity index (χ0) is 10.2. The van der Waals surface area contributed by atoms with Gasteiger partial charge in [-0.3, -0.25) is 0 Å². The molecule has 0 nitrogen and oxygen atoms in total. The maximum absolute atomic E-state index is 3.82. The highest BCUT2D eigenvalue weighted by Crippen LogP contribution is 2.41. The molecule has 1 unspecified atom stereocenters. The van der Waals surface area contributed by atoms with Crippen molar-refractivity contribution >= 4 is 23.5 Å². The molecule has 0 spiro atoms. The Bertz CT molecular complexity index is 157. The van der Waals surface area contributed by atoms with Crippen molar-refractivity contribution in [2.45, 2.75) is 30.8 Å². The van der Waals surface area contributed by atoms with Gasteiger partial charge in [-0.15, -0.1) is 30.1 Å². The molecule has 0 aliphatic carbocycles. The molecule has 1 atom stereocenters. The fourth-order valence-electron chi connectivity index (χ4n) is 1.11. The summed E-state index contributed by atoms with van der Waals surface area (Å²) >= 11 is 3.97. The quantitative estimate of drug-likeness (QED) is 0.458. The summed E-state index contributed by atoms with van der Waals surface area (Å²) in [5.74, 6) is 1.11. The highest BCUT2D eigenvalue weighted by molar-refractivity contribution is 8.18. The first-order chi connectivity index (χ1) is 6.24. The van der Waals surface area contributed by atoms with Gasteiger partial charge in [0, 0.05) is 5.75 Å². The average Bonchev–Trinajstić information content (AvgIpc) is 2.17. The topological polar surface area (TPSA) is 0 Å². The van der Waals surface area contributed by atoms with Gasteiger partial charge in [0.25, 0.3) is 0 Å². The van der Waals surface area contributed by atoms with E-state index in [1.807, 2.05) is 29.6 Å². The maximum atomic E-state index is 3.82. The molecule has 0 N–H and O–H groups in total. The van der Waals surface area contributed by atoms with E-state index in [2.05, 4.69) is 38.8 Å². The van der Waals surface area contributed by atoms with Crippen molar-refractivity contribution in [1.82, 2.24) is 0 Å². The zero-order valence-corrected chi connectivity index (χ0v) is 10.5. The van der Waals surface area contributed by atoms with Crippen LogP contribution in [0.15, 0.2) is 24.8 Å². The fourth-order valence-corrected chi connectivity index (χ4v) is 3.39. The standard InChI is InChI=1S/C11H20S2/c1-5-8-10-13-11(7-3,12-4)9-6-2/h5-6,8H,2,7,9-10H2,1,3-4H3/b8-5+. The number of rotatable bonds is 7. The van der Waals surface area contributed by atoms with Crippen LogP contribution in [0.25, 0.3) is 0 Å². The van der Waals surface area contributed by atoms with Crippen molar-refractivity contribution < 1.29 is 0 Å². The molecule has 0 heterocycles. The lowest BCUT2D eigenvalue weighted by Gasteiger charge is -2.28. The summed E-state index contributed by atoms with van der Waals surface area (Å²) in [5, 5.41) is 0. The normalized spacial score (nSPS) is 15.9. The average molecular weight is 216 g/mol. The Morgan fingerprint density at radius 2 is 2.15 bits per heavy atom. The molecule has 2 heteroatoms. The van der Waals surface area contributed by atoms with E-state index in [0.717, 1.165) is 12.2 Å². The summed E-state index contributed by atoms with van der Waals surface area (Å²) in [6.07, 6.45) is 10.8. The predicted molar refractivity (Wildman–Crippen MR) is 68.6 cm³/mol. The van der Waals surface area contributed by atoms with Gasteiger partial charge in [0.15, 0.2) is 0 Å². The predicted octanol–water partition coefficient (Wildman–Crippen LogP) is 4.34. The third kappa shape index (κ3) is 4.82. The molecule has 0 aromatic carbocycles. The first kappa shape index (κ1) is 13.2. The molecule has 0 amide bonds. The summed E-state index contributed by atoms with van der Waals surface area (Å²) in [6.45, 7) is 8.15. The minimum Gasteiger partial charge on any atom is -0.147 e. The van der Waals surface area contributed by atoms with E-state index in [4.69, 9.17) is 0 Å². The zero-order valence-electron chi connectivity index (χ0n) is 8.88. The second kappa shape index (κ2) is 7.57. The molecule has 0 aromatic heterocycles. The summed E-state index contributed by atoms with van der Waals surface area (Å²) in [4.78, 5) is 0. The van der Waals surface area contributed by atoms with E-state index in [9.17, 15) is 0 Å². The number of thioether (sulfide) groups is 2. The van der Waals surface area contributed by atoms with Gasteiger partial charge in [0.1, 0.15) is 0 Å². The van der Waals surface area contributed by atoms with Gasteiger partial charge >= 0.3 is 0 Å². The van der Waals surface area contributed by atoms with Gasteiger partial charge in [0.05, 0.1) is 4.08 Å². The minimum absolute atomic E-state index is 0.348. The van der Waals surface area contributed by atoms with Crippen molar-refractivity contribution in [1.29, 1.82) is 0 Å². The third-order valence-electron chi connectivity index (χ3n) is 2.04. The van der Waals surface area contributed by atoms with Crippen LogP contribution in [0.3, 0.4) is 0 Å². The third-order valence-corrected chi connectivity index (χ3v) is 5.44. The molecule has 13 heavy (non-hydrogen) atoms. The van der Waals surface area contributed by atoms with Crippen LogP contribution in [0.2, 0.25) is 0 Å². The molecule has 0 aromatic rings. The Morgan fingerprint density at radius 1 is 1.46 bits per heavy atom. The number of hydrogen-bond acceptors (Lipinski definition) is 2. The monoisotopic (exact) mass is 216 g/mol. The van der Waals surface area contributed by atoms with E-state index in [1.54, 1.807) is 0 Å². The van der Waals surface area contributed by atoms with Gasteiger partial charge in [-0.05, 0) is 26.0 Å².